The summed E-state index contributed by atoms with van der Waals surface area (Å²) in [7, 11) is 0. The van der Waals surface area contributed by atoms with Crippen molar-refractivity contribution >= 4 is 11.8 Å². The first-order valence-corrected chi connectivity index (χ1v) is 12.8. The molecule has 0 bridgehead atoms. The molecular weight excluding hydrogens is 416 g/mol. The zero-order valence-corrected chi connectivity index (χ0v) is 19.8. The van der Waals surface area contributed by atoms with Crippen LogP contribution in [0, 0.1) is 5.92 Å². The van der Waals surface area contributed by atoms with E-state index >= 15 is 0 Å². The van der Waals surface area contributed by atoms with E-state index in [0.717, 1.165) is 57.5 Å². The number of carbonyl (C=O) groups excluding carboxylic acids is 2. The average molecular weight is 457 g/mol. The lowest BCUT2D eigenvalue weighted by atomic mass is 9.86. The predicted octanol–water partition coefficient (Wildman–Crippen LogP) is 2.42. The summed E-state index contributed by atoms with van der Waals surface area (Å²) < 4.78 is 5.92. The fraction of sp³-hybridized carbons (Fsp3) is 0.692. The molecule has 3 aliphatic rings. The second kappa shape index (κ2) is 12.0. The topological polar surface area (TPSA) is 87.9 Å². The number of nitrogens with zero attached hydrogens (tertiary/aromatic N) is 2. The van der Waals surface area contributed by atoms with Crippen LogP contribution < -0.4 is 11.1 Å². The molecule has 0 aromatic heterocycles. The Balaban J connectivity index is 1.21. The van der Waals surface area contributed by atoms with Crippen LogP contribution in [-0.2, 0) is 27.4 Å². The summed E-state index contributed by atoms with van der Waals surface area (Å²) in [4.78, 5) is 29.4. The van der Waals surface area contributed by atoms with Gasteiger partial charge in [-0.25, -0.2) is 0 Å². The van der Waals surface area contributed by atoms with Gasteiger partial charge in [-0.2, -0.15) is 0 Å². The van der Waals surface area contributed by atoms with Crippen LogP contribution in [0.3, 0.4) is 0 Å². The Hall–Kier alpha value is -1.96. The van der Waals surface area contributed by atoms with Gasteiger partial charge in [0.05, 0.1) is 6.10 Å². The summed E-state index contributed by atoms with van der Waals surface area (Å²) in [6.45, 7) is 5.59. The first-order valence-electron chi connectivity index (χ1n) is 12.8. The van der Waals surface area contributed by atoms with Crippen LogP contribution in [0.4, 0.5) is 0 Å². The van der Waals surface area contributed by atoms with Crippen molar-refractivity contribution < 1.29 is 14.3 Å². The minimum absolute atomic E-state index is 0.196. The van der Waals surface area contributed by atoms with Crippen LogP contribution in [0.15, 0.2) is 24.3 Å². The molecule has 1 aromatic rings. The van der Waals surface area contributed by atoms with Gasteiger partial charge in [0.1, 0.15) is 0 Å². The lowest BCUT2D eigenvalue weighted by Gasteiger charge is -2.38. The summed E-state index contributed by atoms with van der Waals surface area (Å²) in [6.07, 6.45) is 8.97. The van der Waals surface area contributed by atoms with Crippen LogP contribution in [0.25, 0.3) is 0 Å². The summed E-state index contributed by atoms with van der Waals surface area (Å²) in [5.41, 5.74) is 8.39. The van der Waals surface area contributed by atoms with Gasteiger partial charge in [0.15, 0.2) is 0 Å². The fourth-order valence-corrected chi connectivity index (χ4v) is 5.45. The van der Waals surface area contributed by atoms with E-state index in [1.807, 2.05) is 12.1 Å². The van der Waals surface area contributed by atoms with E-state index in [1.165, 1.54) is 31.2 Å². The molecule has 0 saturated carbocycles. The highest BCUT2D eigenvalue weighted by Gasteiger charge is 2.33. The van der Waals surface area contributed by atoms with E-state index in [9.17, 15) is 9.59 Å². The average Bonchev–Trinajstić information content (AvgIpc) is 3.11. The maximum absolute atomic E-state index is 12.7. The van der Waals surface area contributed by atoms with Crippen molar-refractivity contribution in [3.63, 3.8) is 0 Å². The smallest absolute Gasteiger partial charge is 0.311 e. The van der Waals surface area contributed by atoms with Crippen LogP contribution in [0.2, 0.25) is 0 Å². The number of likely N-dealkylation sites (tertiary alicyclic amines) is 2. The van der Waals surface area contributed by atoms with Crippen molar-refractivity contribution in [1.82, 2.24) is 15.1 Å². The Kier molecular flexibility index (Phi) is 8.75. The maximum atomic E-state index is 12.7. The maximum Gasteiger partial charge on any atom is 0.311 e. The van der Waals surface area contributed by atoms with Crippen molar-refractivity contribution in [2.45, 2.75) is 76.6 Å². The molecular formula is C26H40N4O3. The normalized spacial score (nSPS) is 25.4. The first-order chi connectivity index (χ1) is 16.1. The lowest BCUT2D eigenvalue weighted by Crippen LogP contribution is -2.48. The van der Waals surface area contributed by atoms with Crippen molar-refractivity contribution in [2.24, 2.45) is 11.7 Å². The Morgan fingerprint density at radius 1 is 1.00 bits per heavy atom. The highest BCUT2D eigenvalue weighted by molar-refractivity contribution is 6.34. The lowest BCUT2D eigenvalue weighted by molar-refractivity contribution is -0.147. The quantitative estimate of drug-likeness (QED) is 0.665. The van der Waals surface area contributed by atoms with Gasteiger partial charge >= 0.3 is 11.8 Å². The Bertz CT molecular complexity index is 785. The third-order valence-corrected chi connectivity index (χ3v) is 7.45. The molecule has 2 unspecified atom stereocenters. The minimum Gasteiger partial charge on any atom is -0.378 e. The van der Waals surface area contributed by atoms with E-state index < -0.39 is 11.8 Å². The number of ether oxygens (including phenoxy) is 1. The van der Waals surface area contributed by atoms with E-state index in [2.05, 4.69) is 22.3 Å². The molecule has 2 amide bonds. The highest BCUT2D eigenvalue weighted by atomic mass is 16.5. The molecule has 33 heavy (non-hydrogen) atoms. The number of piperidine rings is 1. The monoisotopic (exact) mass is 456 g/mol. The van der Waals surface area contributed by atoms with Gasteiger partial charge in [0, 0.05) is 38.8 Å². The summed E-state index contributed by atoms with van der Waals surface area (Å²) >= 11 is 0. The molecule has 3 aliphatic heterocycles. The van der Waals surface area contributed by atoms with E-state index in [1.54, 1.807) is 4.90 Å². The highest BCUT2D eigenvalue weighted by Crippen LogP contribution is 2.28. The molecule has 3 saturated heterocycles. The molecule has 4 rings (SSSR count). The van der Waals surface area contributed by atoms with Gasteiger partial charge in [-0.05, 0) is 68.7 Å². The largest absolute Gasteiger partial charge is 0.378 e. The minimum atomic E-state index is -0.512. The summed E-state index contributed by atoms with van der Waals surface area (Å²) in [6, 6.07) is 8.57. The number of nitrogens with one attached hydrogen (secondary N) is 1. The molecule has 3 N–H and O–H groups in total. The van der Waals surface area contributed by atoms with Gasteiger partial charge in [-0.3, -0.25) is 14.5 Å². The number of nitrogens with two attached hydrogens (primary N) is 1. The summed E-state index contributed by atoms with van der Waals surface area (Å²) in [5, 5.41) is 2.83. The molecule has 0 aliphatic carbocycles. The number of hydrogen-bond acceptors (Lipinski definition) is 5. The number of benzene rings is 1. The van der Waals surface area contributed by atoms with Gasteiger partial charge in [-0.15, -0.1) is 0 Å². The Morgan fingerprint density at radius 2 is 1.73 bits per heavy atom. The van der Waals surface area contributed by atoms with E-state index in [0.29, 0.717) is 25.6 Å². The molecule has 3 fully saturated rings. The summed E-state index contributed by atoms with van der Waals surface area (Å²) in [5.74, 6) is -0.506. The molecule has 0 spiro atoms. The SMILES string of the molecule is NC1CCOC(C2CCN(C(=O)C(=O)NCc3cccc(CN4CCCCCC4)c3)CC2)C1. The number of hydrogen-bond donors (Lipinski definition) is 2. The zero-order valence-electron chi connectivity index (χ0n) is 19.8. The van der Waals surface area contributed by atoms with Gasteiger partial charge in [-0.1, -0.05) is 37.1 Å². The van der Waals surface area contributed by atoms with E-state index in [4.69, 9.17) is 10.5 Å². The second-order valence-corrected chi connectivity index (χ2v) is 10.0. The Morgan fingerprint density at radius 3 is 2.45 bits per heavy atom. The standard InChI is InChI=1S/C26H40N4O3/c27-23-10-15-33-24(17-23)22-8-13-30(14-9-22)26(32)25(31)28-18-20-6-5-7-21(16-20)19-29-11-3-1-2-4-12-29/h5-7,16,22-24H,1-4,8-15,17-19,27H2,(H,28,31). The number of carbonyl (C=O) groups is 2. The molecule has 0 radical (unpaired) electrons. The third kappa shape index (κ3) is 7.01. The number of amides is 2. The van der Waals surface area contributed by atoms with E-state index in [-0.39, 0.29) is 12.1 Å². The van der Waals surface area contributed by atoms with Crippen LogP contribution >= 0.6 is 0 Å². The zero-order chi connectivity index (χ0) is 23.0. The van der Waals surface area contributed by atoms with Crippen LogP contribution in [0.5, 0.6) is 0 Å². The molecule has 7 heteroatoms. The molecule has 7 nitrogen and oxygen atoms in total. The molecule has 3 heterocycles. The second-order valence-electron chi connectivity index (χ2n) is 10.0. The Labute approximate surface area is 198 Å². The first kappa shape index (κ1) is 24.2. The van der Waals surface area contributed by atoms with Crippen LogP contribution in [0.1, 0.15) is 62.5 Å². The van der Waals surface area contributed by atoms with Crippen molar-refractivity contribution in [1.29, 1.82) is 0 Å². The molecule has 2 atom stereocenters. The van der Waals surface area contributed by atoms with Gasteiger partial charge in [0.2, 0.25) is 0 Å². The van der Waals surface area contributed by atoms with Crippen LogP contribution in [-0.4, -0.2) is 66.5 Å². The van der Waals surface area contributed by atoms with Gasteiger partial charge in [0.25, 0.3) is 0 Å². The van der Waals surface area contributed by atoms with Crippen molar-refractivity contribution in [3.8, 4) is 0 Å². The predicted molar refractivity (Wildman–Crippen MR) is 128 cm³/mol. The number of rotatable bonds is 5. The molecule has 1 aromatic carbocycles. The third-order valence-electron chi connectivity index (χ3n) is 7.45. The van der Waals surface area contributed by atoms with Crippen molar-refractivity contribution in [3.05, 3.63) is 35.4 Å². The van der Waals surface area contributed by atoms with Crippen molar-refractivity contribution in [2.75, 3.05) is 32.8 Å². The fourth-order valence-electron chi connectivity index (χ4n) is 5.45. The van der Waals surface area contributed by atoms with Gasteiger partial charge < -0.3 is 20.7 Å². The molecule has 182 valence electrons.